The second-order valence-electron chi connectivity index (χ2n) is 9.24. The third-order valence-electron chi connectivity index (χ3n) is 6.77. The number of nitrogens with zero attached hydrogens (tertiary/aromatic N) is 4. The van der Waals surface area contributed by atoms with Gasteiger partial charge in [0.15, 0.2) is 5.58 Å². The number of rotatable bonds is 4. The Hall–Kier alpha value is -3.11. The van der Waals surface area contributed by atoms with E-state index in [-0.39, 0.29) is 11.4 Å². The van der Waals surface area contributed by atoms with Crippen LogP contribution in [0.15, 0.2) is 27.5 Å². The van der Waals surface area contributed by atoms with Gasteiger partial charge in [0.05, 0.1) is 5.69 Å². The third-order valence-corrected chi connectivity index (χ3v) is 6.77. The minimum atomic E-state index is -0.833. The van der Waals surface area contributed by atoms with Crippen molar-refractivity contribution >= 4 is 16.9 Å². The molecule has 188 valence electrons. The summed E-state index contributed by atoms with van der Waals surface area (Å²) in [4.78, 5) is 28.9. The Kier molecular flexibility index (Phi) is 7.61. The van der Waals surface area contributed by atoms with E-state index < -0.39 is 12.1 Å². The molecular formula is C25H31FN4O5. The number of fused-ring (bicyclic) bond motifs is 2. The SMILES string of the molecule is CC(=O)O.Cc1nc2n(c(=O)c1CCN1CCC(c3noc4cc(F)ccc34)CC1)CCCC2O. The van der Waals surface area contributed by atoms with E-state index in [9.17, 15) is 14.3 Å². The standard InChI is InChI=1S/C23H27FN4O3.C2H4O2/c1-14-17(23(30)28-9-2-3-19(29)22(28)25-14)8-12-27-10-6-15(7-11-27)21-18-5-4-16(24)13-20(18)31-26-21;1-2(3)4/h4-5,13,15,19,29H,2-3,6-12H2,1H3;1H3,(H,3,4). The van der Waals surface area contributed by atoms with Gasteiger partial charge in [0.1, 0.15) is 17.7 Å². The summed E-state index contributed by atoms with van der Waals surface area (Å²) in [6.07, 6.45) is 3.38. The highest BCUT2D eigenvalue weighted by atomic mass is 19.1. The van der Waals surface area contributed by atoms with Gasteiger partial charge in [0.25, 0.3) is 11.5 Å². The number of carboxylic acids is 1. The summed E-state index contributed by atoms with van der Waals surface area (Å²) in [6, 6.07) is 4.58. The summed E-state index contributed by atoms with van der Waals surface area (Å²) >= 11 is 0. The fourth-order valence-corrected chi connectivity index (χ4v) is 4.98. The molecule has 1 saturated heterocycles. The predicted octanol–water partition coefficient (Wildman–Crippen LogP) is 3.17. The van der Waals surface area contributed by atoms with E-state index in [4.69, 9.17) is 14.4 Å². The molecule has 2 aromatic heterocycles. The van der Waals surface area contributed by atoms with Crippen molar-refractivity contribution in [3.05, 3.63) is 57.1 Å². The van der Waals surface area contributed by atoms with Crippen molar-refractivity contribution in [3.63, 3.8) is 0 Å². The molecule has 4 heterocycles. The van der Waals surface area contributed by atoms with Crippen LogP contribution in [0.3, 0.4) is 0 Å². The van der Waals surface area contributed by atoms with E-state index in [2.05, 4.69) is 15.0 Å². The van der Waals surface area contributed by atoms with Crippen LogP contribution in [-0.2, 0) is 17.8 Å². The van der Waals surface area contributed by atoms with Gasteiger partial charge in [0.2, 0.25) is 0 Å². The van der Waals surface area contributed by atoms with Crippen LogP contribution in [-0.4, -0.2) is 55.4 Å². The average molecular weight is 487 g/mol. The molecule has 5 rings (SSSR count). The molecule has 1 aromatic carbocycles. The molecule has 2 N–H and O–H groups in total. The Balaban J connectivity index is 0.000000672. The number of hydrogen-bond donors (Lipinski definition) is 2. The van der Waals surface area contributed by atoms with Gasteiger partial charge in [-0.2, -0.15) is 0 Å². The zero-order chi connectivity index (χ0) is 25.1. The quantitative estimate of drug-likeness (QED) is 0.577. The predicted molar refractivity (Wildman–Crippen MR) is 127 cm³/mol. The van der Waals surface area contributed by atoms with Gasteiger partial charge in [0, 0.05) is 48.6 Å². The number of aliphatic carboxylic acids is 1. The van der Waals surface area contributed by atoms with Gasteiger partial charge >= 0.3 is 0 Å². The van der Waals surface area contributed by atoms with Crippen LogP contribution in [0, 0.1) is 12.7 Å². The monoisotopic (exact) mass is 486 g/mol. The molecule has 9 nitrogen and oxygen atoms in total. The minimum Gasteiger partial charge on any atom is -0.481 e. The lowest BCUT2D eigenvalue weighted by Gasteiger charge is -2.31. The number of aromatic nitrogens is 3. The molecule has 35 heavy (non-hydrogen) atoms. The van der Waals surface area contributed by atoms with E-state index in [1.807, 2.05) is 6.92 Å². The van der Waals surface area contributed by atoms with Gasteiger partial charge in [-0.1, -0.05) is 5.16 Å². The number of aryl methyl sites for hydroxylation is 1. The number of aliphatic hydroxyl groups is 1. The molecule has 0 amide bonds. The minimum absolute atomic E-state index is 0.00237. The molecule has 0 aliphatic carbocycles. The van der Waals surface area contributed by atoms with Crippen LogP contribution >= 0.6 is 0 Å². The van der Waals surface area contributed by atoms with Crippen molar-refractivity contribution < 1.29 is 23.9 Å². The molecule has 2 aliphatic heterocycles. The third kappa shape index (κ3) is 5.59. The van der Waals surface area contributed by atoms with Gasteiger partial charge in [-0.05, 0) is 64.3 Å². The highest BCUT2D eigenvalue weighted by molar-refractivity contribution is 5.79. The molecule has 3 aromatic rings. The Morgan fingerprint density at radius 3 is 2.66 bits per heavy atom. The molecule has 0 radical (unpaired) electrons. The van der Waals surface area contributed by atoms with Crippen molar-refractivity contribution in [3.8, 4) is 0 Å². The second kappa shape index (κ2) is 10.7. The van der Waals surface area contributed by atoms with Crippen LogP contribution in [0.25, 0.3) is 11.0 Å². The molecule has 0 spiro atoms. The summed E-state index contributed by atoms with van der Waals surface area (Å²) in [5.74, 6) is -0.345. The molecule has 1 fully saturated rings. The normalized spacial score (nSPS) is 18.7. The Morgan fingerprint density at radius 1 is 1.23 bits per heavy atom. The number of halogens is 1. The second-order valence-corrected chi connectivity index (χ2v) is 9.24. The molecule has 0 bridgehead atoms. The van der Waals surface area contributed by atoms with Crippen LogP contribution in [0.4, 0.5) is 4.39 Å². The Labute approximate surface area is 202 Å². The van der Waals surface area contributed by atoms with Gasteiger partial charge in [-0.15, -0.1) is 0 Å². The van der Waals surface area contributed by atoms with Crippen molar-refractivity contribution in [2.75, 3.05) is 19.6 Å². The summed E-state index contributed by atoms with van der Waals surface area (Å²) in [6.45, 7) is 6.21. The molecule has 0 saturated carbocycles. The summed E-state index contributed by atoms with van der Waals surface area (Å²) in [7, 11) is 0. The van der Waals surface area contributed by atoms with Gasteiger partial charge in [-0.25, -0.2) is 9.37 Å². The number of carboxylic acid groups (broad SMARTS) is 1. The van der Waals surface area contributed by atoms with Crippen LogP contribution in [0.2, 0.25) is 0 Å². The first-order valence-corrected chi connectivity index (χ1v) is 12.0. The van der Waals surface area contributed by atoms with Crippen LogP contribution in [0.1, 0.15) is 67.4 Å². The Morgan fingerprint density at radius 2 is 1.94 bits per heavy atom. The number of hydrogen-bond acceptors (Lipinski definition) is 7. The van der Waals surface area contributed by atoms with E-state index in [1.165, 1.54) is 12.1 Å². The van der Waals surface area contributed by atoms with E-state index in [1.54, 1.807) is 10.6 Å². The number of piperidine rings is 1. The first-order valence-electron chi connectivity index (χ1n) is 12.0. The van der Waals surface area contributed by atoms with Crippen molar-refractivity contribution in [2.45, 2.75) is 64.5 Å². The highest BCUT2D eigenvalue weighted by Crippen LogP contribution is 2.32. The van der Waals surface area contributed by atoms with Crippen molar-refractivity contribution in [2.24, 2.45) is 0 Å². The van der Waals surface area contributed by atoms with Crippen LogP contribution < -0.4 is 5.56 Å². The highest BCUT2D eigenvalue weighted by Gasteiger charge is 2.26. The fourth-order valence-electron chi connectivity index (χ4n) is 4.98. The molecule has 1 unspecified atom stereocenters. The van der Waals surface area contributed by atoms with Gasteiger partial charge < -0.3 is 19.6 Å². The summed E-state index contributed by atoms with van der Waals surface area (Å²) in [5, 5.41) is 22.7. The largest absolute Gasteiger partial charge is 0.481 e. The summed E-state index contributed by atoms with van der Waals surface area (Å²) in [5.41, 5.74) is 2.90. The number of likely N-dealkylation sites (tertiary alicyclic amines) is 1. The van der Waals surface area contributed by atoms with Crippen molar-refractivity contribution in [1.29, 1.82) is 0 Å². The van der Waals surface area contributed by atoms with Gasteiger partial charge in [-0.3, -0.25) is 14.2 Å². The van der Waals surface area contributed by atoms with Crippen LogP contribution in [0.5, 0.6) is 0 Å². The summed E-state index contributed by atoms with van der Waals surface area (Å²) < 4.78 is 20.4. The number of benzene rings is 1. The average Bonchev–Trinajstić information content (AvgIpc) is 3.23. The first kappa shape index (κ1) is 25.0. The lowest BCUT2D eigenvalue weighted by molar-refractivity contribution is -0.134. The molecule has 2 aliphatic rings. The van der Waals surface area contributed by atoms with Crippen molar-refractivity contribution in [1.82, 2.24) is 19.6 Å². The maximum atomic E-state index is 13.4. The van der Waals surface area contributed by atoms with E-state index >= 15 is 0 Å². The zero-order valence-electron chi connectivity index (χ0n) is 20.0. The lowest BCUT2D eigenvalue weighted by Crippen LogP contribution is -2.37. The lowest BCUT2D eigenvalue weighted by atomic mass is 9.91. The smallest absolute Gasteiger partial charge is 0.300 e. The first-order chi connectivity index (χ1) is 16.7. The molecular weight excluding hydrogens is 455 g/mol. The zero-order valence-corrected chi connectivity index (χ0v) is 20.0. The Bertz CT molecular complexity index is 1260. The number of carbonyl (C=O) groups is 1. The maximum Gasteiger partial charge on any atom is 0.300 e. The van der Waals surface area contributed by atoms with E-state index in [0.29, 0.717) is 36.7 Å². The molecule has 10 heteroatoms. The maximum absolute atomic E-state index is 13.4. The molecule has 1 atom stereocenters. The number of aliphatic hydroxyl groups excluding tert-OH is 1. The fraction of sp³-hybridized carbons (Fsp3) is 0.520. The topological polar surface area (TPSA) is 122 Å². The van der Waals surface area contributed by atoms with E-state index in [0.717, 1.165) is 68.2 Å².